The molecular formula is C25H21FN2O4. The normalized spacial score (nSPS) is 10.1. The van der Waals surface area contributed by atoms with E-state index >= 15 is 0 Å². The number of esters is 1. The number of hydrogen-bond donors (Lipinski definition) is 0. The molecule has 0 fully saturated rings. The summed E-state index contributed by atoms with van der Waals surface area (Å²) in [4.78, 5) is 26.6. The molecule has 0 aliphatic rings. The number of carbonyl (C=O) groups excluding carboxylic acids is 2. The lowest BCUT2D eigenvalue weighted by molar-refractivity contribution is -0.121. The van der Waals surface area contributed by atoms with Gasteiger partial charge < -0.3 is 14.4 Å². The molecule has 7 heteroatoms. The van der Waals surface area contributed by atoms with Gasteiger partial charge in [0, 0.05) is 12.2 Å². The highest BCUT2D eigenvalue weighted by molar-refractivity contribution is 5.98. The number of anilines is 1. The maximum absolute atomic E-state index is 13.2. The van der Waals surface area contributed by atoms with Crippen molar-refractivity contribution in [1.29, 1.82) is 5.26 Å². The van der Waals surface area contributed by atoms with Gasteiger partial charge in [0.05, 0.1) is 12.5 Å². The molecule has 32 heavy (non-hydrogen) atoms. The number of benzene rings is 3. The third kappa shape index (κ3) is 6.16. The Bertz CT molecular complexity index is 1090. The first-order chi connectivity index (χ1) is 15.6. The van der Waals surface area contributed by atoms with Gasteiger partial charge in [0.15, 0.2) is 6.61 Å². The molecule has 162 valence electrons. The number of ether oxygens (including phenoxy) is 2. The number of nitriles is 1. The highest BCUT2D eigenvalue weighted by Crippen LogP contribution is 2.21. The Morgan fingerprint density at radius 1 is 0.938 bits per heavy atom. The largest absolute Gasteiger partial charge is 0.488 e. The van der Waals surface area contributed by atoms with Crippen LogP contribution in [-0.4, -0.2) is 25.0 Å². The van der Waals surface area contributed by atoms with Crippen LogP contribution in [0.5, 0.6) is 5.75 Å². The van der Waals surface area contributed by atoms with Crippen LogP contribution in [0.15, 0.2) is 78.9 Å². The van der Waals surface area contributed by atoms with Crippen LogP contribution in [0.25, 0.3) is 0 Å². The monoisotopic (exact) mass is 432 g/mol. The van der Waals surface area contributed by atoms with Gasteiger partial charge in [0.1, 0.15) is 23.7 Å². The molecule has 0 heterocycles. The highest BCUT2D eigenvalue weighted by Gasteiger charge is 2.20. The molecule has 0 saturated heterocycles. The molecule has 0 spiro atoms. The maximum Gasteiger partial charge on any atom is 0.342 e. The van der Waals surface area contributed by atoms with Gasteiger partial charge >= 0.3 is 5.97 Å². The van der Waals surface area contributed by atoms with E-state index in [0.29, 0.717) is 11.4 Å². The van der Waals surface area contributed by atoms with Gasteiger partial charge in [-0.3, -0.25) is 4.79 Å². The standard InChI is InChI=1S/C25H21FN2O4/c26-20-11-13-21(14-12-20)28(16-6-15-27)24(29)18-32-25(30)22-9-4-5-10-23(22)31-17-19-7-2-1-3-8-19/h1-5,7-14H,6,16-18H2. The van der Waals surface area contributed by atoms with Crippen molar-refractivity contribution in [2.24, 2.45) is 0 Å². The van der Waals surface area contributed by atoms with Gasteiger partial charge in [-0.25, -0.2) is 9.18 Å². The Kier molecular flexibility index (Phi) is 7.93. The van der Waals surface area contributed by atoms with Crippen molar-refractivity contribution in [2.75, 3.05) is 18.1 Å². The predicted octanol–water partition coefficient (Wildman–Crippen LogP) is 4.51. The van der Waals surface area contributed by atoms with Crippen LogP contribution in [-0.2, 0) is 16.1 Å². The quantitative estimate of drug-likeness (QED) is 0.465. The minimum Gasteiger partial charge on any atom is -0.488 e. The summed E-state index contributed by atoms with van der Waals surface area (Å²) in [5.74, 6) is -1.34. The Hall–Kier alpha value is -4.18. The van der Waals surface area contributed by atoms with Crippen LogP contribution >= 0.6 is 0 Å². The van der Waals surface area contributed by atoms with E-state index in [4.69, 9.17) is 14.7 Å². The molecule has 0 saturated carbocycles. The Morgan fingerprint density at radius 2 is 1.62 bits per heavy atom. The third-order valence-electron chi connectivity index (χ3n) is 4.56. The zero-order chi connectivity index (χ0) is 22.8. The lowest BCUT2D eigenvalue weighted by Crippen LogP contribution is -2.35. The summed E-state index contributed by atoms with van der Waals surface area (Å²) in [6, 6.07) is 23.4. The molecule has 0 aliphatic carbocycles. The van der Waals surface area contributed by atoms with Gasteiger partial charge in [0.25, 0.3) is 5.91 Å². The van der Waals surface area contributed by atoms with E-state index in [1.54, 1.807) is 24.3 Å². The molecule has 0 unspecified atom stereocenters. The minimum atomic E-state index is -0.707. The molecule has 0 radical (unpaired) electrons. The van der Waals surface area contributed by atoms with E-state index < -0.39 is 24.3 Å². The van der Waals surface area contributed by atoms with E-state index in [2.05, 4.69) is 0 Å². The number of hydrogen-bond acceptors (Lipinski definition) is 5. The van der Waals surface area contributed by atoms with Gasteiger partial charge in [-0.15, -0.1) is 0 Å². The highest BCUT2D eigenvalue weighted by atomic mass is 19.1. The number of amides is 1. The predicted molar refractivity (Wildman–Crippen MR) is 116 cm³/mol. The van der Waals surface area contributed by atoms with Crippen molar-refractivity contribution in [2.45, 2.75) is 13.0 Å². The molecule has 0 aliphatic heterocycles. The Balaban J connectivity index is 1.65. The van der Waals surface area contributed by atoms with Crippen LogP contribution in [0, 0.1) is 17.1 Å². The SMILES string of the molecule is N#CCCN(C(=O)COC(=O)c1ccccc1OCc1ccccc1)c1ccc(F)cc1. The zero-order valence-corrected chi connectivity index (χ0v) is 17.2. The molecule has 3 rings (SSSR count). The summed E-state index contributed by atoms with van der Waals surface area (Å²) in [5, 5.41) is 8.87. The number of halogens is 1. The van der Waals surface area contributed by atoms with E-state index in [9.17, 15) is 14.0 Å². The molecule has 0 aromatic heterocycles. The fourth-order valence-electron chi connectivity index (χ4n) is 2.96. The van der Waals surface area contributed by atoms with Crippen LogP contribution in [0.1, 0.15) is 22.3 Å². The van der Waals surface area contributed by atoms with Crippen molar-refractivity contribution in [3.8, 4) is 11.8 Å². The Morgan fingerprint density at radius 3 is 2.34 bits per heavy atom. The van der Waals surface area contributed by atoms with Crippen molar-refractivity contribution in [3.63, 3.8) is 0 Å². The lowest BCUT2D eigenvalue weighted by atomic mass is 10.2. The van der Waals surface area contributed by atoms with E-state index in [1.165, 1.54) is 29.2 Å². The smallest absolute Gasteiger partial charge is 0.342 e. The van der Waals surface area contributed by atoms with Gasteiger partial charge in [-0.05, 0) is 42.0 Å². The maximum atomic E-state index is 13.2. The molecule has 0 N–H and O–H groups in total. The van der Waals surface area contributed by atoms with Crippen molar-refractivity contribution >= 4 is 17.6 Å². The van der Waals surface area contributed by atoms with Gasteiger partial charge in [-0.2, -0.15) is 5.26 Å². The second kappa shape index (κ2) is 11.3. The molecule has 0 bridgehead atoms. The fourth-order valence-corrected chi connectivity index (χ4v) is 2.96. The summed E-state index contributed by atoms with van der Waals surface area (Å²) in [7, 11) is 0. The Labute approximate surface area is 185 Å². The van der Waals surface area contributed by atoms with Crippen LogP contribution in [0.2, 0.25) is 0 Å². The minimum absolute atomic E-state index is 0.0766. The first-order valence-electron chi connectivity index (χ1n) is 9.94. The average molecular weight is 432 g/mol. The first kappa shape index (κ1) is 22.5. The number of carbonyl (C=O) groups is 2. The van der Waals surface area contributed by atoms with E-state index in [1.807, 2.05) is 36.4 Å². The molecule has 3 aromatic rings. The molecule has 1 amide bonds. The number of rotatable bonds is 9. The lowest BCUT2D eigenvalue weighted by Gasteiger charge is -2.21. The van der Waals surface area contributed by atoms with Crippen LogP contribution in [0.3, 0.4) is 0 Å². The summed E-state index contributed by atoms with van der Waals surface area (Å²) in [5.41, 5.74) is 1.55. The van der Waals surface area contributed by atoms with Crippen molar-refractivity contribution in [1.82, 2.24) is 0 Å². The third-order valence-corrected chi connectivity index (χ3v) is 4.56. The van der Waals surface area contributed by atoms with E-state index in [-0.39, 0.29) is 25.1 Å². The summed E-state index contributed by atoms with van der Waals surface area (Å²) >= 11 is 0. The number of nitrogens with zero attached hydrogens (tertiary/aromatic N) is 2. The van der Waals surface area contributed by atoms with E-state index in [0.717, 1.165) is 5.56 Å². The zero-order valence-electron chi connectivity index (χ0n) is 17.2. The second-order valence-electron chi connectivity index (χ2n) is 6.78. The topological polar surface area (TPSA) is 79.6 Å². The summed E-state index contributed by atoms with van der Waals surface area (Å²) in [6.45, 7) is -0.166. The van der Waals surface area contributed by atoms with Gasteiger partial charge in [-0.1, -0.05) is 42.5 Å². The fraction of sp³-hybridized carbons (Fsp3) is 0.160. The molecule has 0 atom stereocenters. The summed E-state index contributed by atoms with van der Waals surface area (Å²) < 4.78 is 24.2. The summed E-state index contributed by atoms with van der Waals surface area (Å²) in [6.07, 6.45) is 0.0766. The second-order valence-corrected chi connectivity index (χ2v) is 6.78. The van der Waals surface area contributed by atoms with Crippen LogP contribution in [0.4, 0.5) is 10.1 Å². The molecular weight excluding hydrogens is 411 g/mol. The molecule has 6 nitrogen and oxygen atoms in total. The van der Waals surface area contributed by atoms with Gasteiger partial charge in [0.2, 0.25) is 0 Å². The van der Waals surface area contributed by atoms with Crippen molar-refractivity contribution < 1.29 is 23.5 Å². The first-order valence-corrected chi connectivity index (χ1v) is 9.94. The van der Waals surface area contributed by atoms with Crippen molar-refractivity contribution in [3.05, 3.63) is 95.8 Å². The van der Waals surface area contributed by atoms with Crippen LogP contribution < -0.4 is 9.64 Å². The molecule has 3 aromatic carbocycles. The number of para-hydroxylation sites is 1. The average Bonchev–Trinajstić information content (AvgIpc) is 2.83.